The topological polar surface area (TPSA) is 34.2 Å². The summed E-state index contributed by atoms with van der Waals surface area (Å²) in [4.78, 5) is 4.24. The van der Waals surface area contributed by atoms with Crippen LogP contribution in [-0.4, -0.2) is 12.0 Å². The van der Waals surface area contributed by atoms with Crippen molar-refractivity contribution in [1.82, 2.24) is 4.98 Å². The normalized spacial score (nSPS) is 10.0. The molecule has 0 aliphatic rings. The van der Waals surface area contributed by atoms with Gasteiger partial charge in [0.15, 0.2) is 0 Å². The molecule has 0 aliphatic carbocycles. The van der Waals surface area contributed by atoms with E-state index in [2.05, 4.69) is 23.3 Å². The third-order valence-corrected chi connectivity index (χ3v) is 2.51. The maximum atomic E-state index is 5.74. The number of ether oxygens (including phenoxy) is 1. The highest BCUT2D eigenvalue weighted by atomic mass is 16.5. The average molecular weight is 228 g/mol. The first-order valence-corrected chi connectivity index (χ1v) is 5.60. The van der Waals surface area contributed by atoms with Crippen LogP contribution >= 0.6 is 0 Å². The van der Waals surface area contributed by atoms with E-state index in [4.69, 9.17) is 4.74 Å². The lowest BCUT2D eigenvalue weighted by molar-refractivity contribution is 0.306. The highest BCUT2D eigenvalue weighted by molar-refractivity contribution is 5.42. The Morgan fingerprint density at radius 2 is 2.12 bits per heavy atom. The highest BCUT2D eigenvalue weighted by Gasteiger charge is 2.02. The first-order chi connectivity index (χ1) is 8.29. The monoisotopic (exact) mass is 228 g/mol. The van der Waals surface area contributed by atoms with E-state index in [9.17, 15) is 0 Å². The Hall–Kier alpha value is -2.03. The number of nitrogens with zero attached hydrogens (tertiary/aromatic N) is 1. The predicted molar refractivity (Wildman–Crippen MR) is 69.3 cm³/mol. The Labute approximate surface area is 101 Å². The van der Waals surface area contributed by atoms with E-state index in [0.717, 1.165) is 17.1 Å². The number of anilines is 1. The molecule has 0 aliphatic heterocycles. The Morgan fingerprint density at radius 1 is 1.24 bits per heavy atom. The summed E-state index contributed by atoms with van der Waals surface area (Å²) in [6.45, 7) is 2.57. The van der Waals surface area contributed by atoms with Crippen LogP contribution in [0.2, 0.25) is 0 Å². The minimum absolute atomic E-state index is 0.521. The number of aryl methyl sites for hydroxylation is 1. The van der Waals surface area contributed by atoms with Crippen molar-refractivity contribution in [2.75, 3.05) is 12.4 Å². The lowest BCUT2D eigenvalue weighted by Gasteiger charge is -2.10. The SMILES string of the molecule is CNc1ncccc1COc1cccc(C)c1. The van der Waals surface area contributed by atoms with Gasteiger partial charge in [0.1, 0.15) is 18.2 Å². The van der Waals surface area contributed by atoms with Crippen molar-refractivity contribution < 1.29 is 4.74 Å². The van der Waals surface area contributed by atoms with E-state index in [1.165, 1.54) is 5.56 Å². The third-order valence-electron chi connectivity index (χ3n) is 2.51. The molecule has 1 N–H and O–H groups in total. The minimum Gasteiger partial charge on any atom is -0.489 e. The number of benzene rings is 1. The summed E-state index contributed by atoms with van der Waals surface area (Å²) in [5.41, 5.74) is 2.25. The van der Waals surface area contributed by atoms with E-state index >= 15 is 0 Å². The lowest BCUT2D eigenvalue weighted by atomic mass is 10.2. The quantitative estimate of drug-likeness (QED) is 0.873. The van der Waals surface area contributed by atoms with Gasteiger partial charge in [-0.15, -0.1) is 0 Å². The van der Waals surface area contributed by atoms with Crippen molar-refractivity contribution in [3.05, 3.63) is 53.7 Å². The second-order valence-electron chi connectivity index (χ2n) is 3.87. The summed E-state index contributed by atoms with van der Waals surface area (Å²) in [5, 5.41) is 3.05. The van der Waals surface area contributed by atoms with Gasteiger partial charge < -0.3 is 10.1 Å². The molecule has 2 aromatic rings. The van der Waals surface area contributed by atoms with Crippen LogP contribution in [0.15, 0.2) is 42.6 Å². The summed E-state index contributed by atoms with van der Waals surface area (Å²) in [6.07, 6.45) is 1.77. The molecule has 0 radical (unpaired) electrons. The van der Waals surface area contributed by atoms with Gasteiger partial charge in [-0.05, 0) is 30.7 Å². The van der Waals surface area contributed by atoms with E-state index < -0.39 is 0 Å². The third kappa shape index (κ3) is 2.97. The summed E-state index contributed by atoms with van der Waals surface area (Å²) in [6, 6.07) is 11.9. The van der Waals surface area contributed by atoms with Gasteiger partial charge in [0.25, 0.3) is 0 Å². The zero-order chi connectivity index (χ0) is 12.1. The van der Waals surface area contributed by atoms with Crippen LogP contribution in [0.4, 0.5) is 5.82 Å². The highest BCUT2D eigenvalue weighted by Crippen LogP contribution is 2.17. The Kier molecular flexibility index (Phi) is 3.60. The van der Waals surface area contributed by atoms with Crippen molar-refractivity contribution in [2.24, 2.45) is 0 Å². The van der Waals surface area contributed by atoms with Crippen LogP contribution in [0.25, 0.3) is 0 Å². The maximum Gasteiger partial charge on any atom is 0.132 e. The molecule has 0 bridgehead atoms. The molecule has 2 rings (SSSR count). The van der Waals surface area contributed by atoms with Gasteiger partial charge in [-0.25, -0.2) is 4.98 Å². The zero-order valence-corrected chi connectivity index (χ0v) is 10.1. The molecule has 0 fully saturated rings. The van der Waals surface area contributed by atoms with Gasteiger partial charge in [-0.2, -0.15) is 0 Å². The van der Waals surface area contributed by atoms with Crippen molar-refractivity contribution in [3.8, 4) is 5.75 Å². The Bertz CT molecular complexity index is 497. The number of hydrogen-bond acceptors (Lipinski definition) is 3. The number of hydrogen-bond donors (Lipinski definition) is 1. The van der Waals surface area contributed by atoms with Gasteiger partial charge in [0.05, 0.1) is 0 Å². The van der Waals surface area contributed by atoms with Crippen molar-refractivity contribution in [2.45, 2.75) is 13.5 Å². The van der Waals surface area contributed by atoms with Crippen LogP contribution in [0, 0.1) is 6.92 Å². The molecule has 0 saturated carbocycles. The molecule has 1 aromatic heterocycles. The smallest absolute Gasteiger partial charge is 0.132 e. The van der Waals surface area contributed by atoms with E-state index in [1.807, 2.05) is 37.4 Å². The van der Waals surface area contributed by atoms with Gasteiger partial charge in [0, 0.05) is 18.8 Å². The molecule has 0 atom stereocenters. The standard InChI is InChI=1S/C14H16N2O/c1-11-5-3-7-13(9-11)17-10-12-6-4-8-16-14(12)15-2/h3-9H,10H2,1-2H3,(H,15,16). The fraction of sp³-hybridized carbons (Fsp3) is 0.214. The number of aromatic nitrogens is 1. The summed E-state index contributed by atoms with van der Waals surface area (Å²) < 4.78 is 5.74. The minimum atomic E-state index is 0.521. The molecule has 1 aromatic carbocycles. The van der Waals surface area contributed by atoms with Crippen LogP contribution in [0.3, 0.4) is 0 Å². The Morgan fingerprint density at radius 3 is 2.88 bits per heavy atom. The largest absolute Gasteiger partial charge is 0.489 e. The molecule has 0 unspecified atom stereocenters. The molecule has 3 nitrogen and oxygen atoms in total. The fourth-order valence-corrected chi connectivity index (χ4v) is 1.65. The molecule has 88 valence electrons. The predicted octanol–water partition coefficient (Wildman–Crippen LogP) is 3.01. The molecule has 3 heteroatoms. The number of nitrogens with one attached hydrogen (secondary N) is 1. The first kappa shape index (κ1) is 11.5. The molecular weight excluding hydrogens is 212 g/mol. The van der Waals surface area contributed by atoms with Crippen molar-refractivity contribution in [3.63, 3.8) is 0 Å². The van der Waals surface area contributed by atoms with Gasteiger partial charge >= 0.3 is 0 Å². The second-order valence-corrected chi connectivity index (χ2v) is 3.87. The van der Waals surface area contributed by atoms with Crippen molar-refractivity contribution >= 4 is 5.82 Å². The van der Waals surface area contributed by atoms with Gasteiger partial charge in [0.2, 0.25) is 0 Å². The molecule has 0 amide bonds. The molecule has 0 spiro atoms. The fourth-order valence-electron chi connectivity index (χ4n) is 1.65. The summed E-state index contributed by atoms with van der Waals surface area (Å²) in [5.74, 6) is 1.75. The molecule has 0 saturated heterocycles. The number of rotatable bonds is 4. The summed E-state index contributed by atoms with van der Waals surface area (Å²) in [7, 11) is 1.86. The molecular formula is C14H16N2O. The maximum absolute atomic E-state index is 5.74. The van der Waals surface area contributed by atoms with Crippen LogP contribution in [-0.2, 0) is 6.61 Å². The Balaban J connectivity index is 2.07. The average Bonchev–Trinajstić information content (AvgIpc) is 2.37. The van der Waals surface area contributed by atoms with E-state index in [0.29, 0.717) is 6.61 Å². The molecule has 17 heavy (non-hydrogen) atoms. The van der Waals surface area contributed by atoms with Gasteiger partial charge in [-0.3, -0.25) is 0 Å². The van der Waals surface area contributed by atoms with Crippen molar-refractivity contribution in [1.29, 1.82) is 0 Å². The second kappa shape index (κ2) is 5.34. The van der Waals surface area contributed by atoms with Crippen LogP contribution in [0.1, 0.15) is 11.1 Å². The zero-order valence-electron chi connectivity index (χ0n) is 10.1. The van der Waals surface area contributed by atoms with Gasteiger partial charge in [-0.1, -0.05) is 18.2 Å². The van der Waals surface area contributed by atoms with E-state index in [1.54, 1.807) is 6.20 Å². The van der Waals surface area contributed by atoms with E-state index in [-0.39, 0.29) is 0 Å². The number of pyridine rings is 1. The lowest BCUT2D eigenvalue weighted by Crippen LogP contribution is -2.02. The van der Waals surface area contributed by atoms with Crippen LogP contribution in [0.5, 0.6) is 5.75 Å². The van der Waals surface area contributed by atoms with Crippen LogP contribution < -0.4 is 10.1 Å². The summed E-state index contributed by atoms with van der Waals surface area (Å²) >= 11 is 0. The first-order valence-electron chi connectivity index (χ1n) is 5.60. The molecule has 1 heterocycles.